The predicted octanol–water partition coefficient (Wildman–Crippen LogP) is 6.00. The lowest BCUT2D eigenvalue weighted by molar-refractivity contribution is 0.0593. The molecule has 1 aliphatic rings. The molecule has 11 heteroatoms. The Morgan fingerprint density at radius 3 is 2.46 bits per heavy atom. The lowest BCUT2D eigenvalue weighted by Crippen LogP contribution is -2.26. The maximum absolute atomic E-state index is 13.9. The second kappa shape index (κ2) is 10.5. The third-order valence-electron chi connectivity index (χ3n) is 7.47. The Hall–Kier alpha value is -4.51. The summed E-state index contributed by atoms with van der Waals surface area (Å²) in [6.07, 6.45) is 1.32. The number of benzene rings is 1. The number of hydrogen-bond donors (Lipinski definition) is 1. The maximum Gasteiger partial charge on any atom is 0.263 e. The summed E-state index contributed by atoms with van der Waals surface area (Å²) in [6.45, 7) is 8.45. The number of rotatable bonds is 8. The fraction of sp³-hybridized carbons (Fsp3) is 0.400. The Bertz CT molecular complexity index is 1700. The van der Waals surface area contributed by atoms with Crippen LogP contribution in [0, 0.1) is 40.9 Å². The molecule has 0 spiro atoms. The molecule has 0 bridgehead atoms. The van der Waals surface area contributed by atoms with Crippen molar-refractivity contribution in [1.29, 1.82) is 10.5 Å². The molecule has 4 aromatic rings. The van der Waals surface area contributed by atoms with Crippen LogP contribution in [-0.4, -0.2) is 37.9 Å². The number of aryl methyl sites for hydroxylation is 1. The number of alkyl halides is 2. The van der Waals surface area contributed by atoms with Crippen molar-refractivity contribution in [1.82, 2.24) is 25.0 Å². The molecule has 1 fully saturated rings. The fourth-order valence-electron chi connectivity index (χ4n) is 5.04. The number of fused-ring (bicyclic) bond motifs is 1. The van der Waals surface area contributed by atoms with Crippen molar-refractivity contribution in [3.63, 3.8) is 0 Å². The fourth-order valence-corrected chi connectivity index (χ4v) is 5.04. The predicted molar refractivity (Wildman–Crippen MR) is 147 cm³/mol. The van der Waals surface area contributed by atoms with Crippen LogP contribution in [0.5, 0.6) is 0 Å². The van der Waals surface area contributed by atoms with Gasteiger partial charge in [0.15, 0.2) is 0 Å². The first-order chi connectivity index (χ1) is 19.5. The highest BCUT2D eigenvalue weighted by atomic mass is 19.3. The van der Waals surface area contributed by atoms with Gasteiger partial charge in [-0.25, -0.2) is 18.4 Å². The monoisotopic (exact) mass is 558 g/mol. The summed E-state index contributed by atoms with van der Waals surface area (Å²) in [7, 11) is 0. The van der Waals surface area contributed by atoms with E-state index in [0.717, 1.165) is 5.56 Å². The van der Waals surface area contributed by atoms with Crippen molar-refractivity contribution in [2.75, 3.05) is 11.9 Å². The normalized spacial score (nSPS) is 15.0. The standard InChI is InChI=1S/C30H29F3N8/c1-17-21(5-6-25(31)38-17)22(24-15-41(40-39-24)30(7-8-30)28(32)33)10-18-9-19(12-34)26-23(11-18)27(20(13-35)14-36-26)37-16-29(2,3)4/h5-6,9,11,14-15,22,28H,7-8,10,16H2,1-4H3,(H,36,37)/t22-/m0/s1. The van der Waals surface area contributed by atoms with Crippen molar-refractivity contribution in [3.8, 4) is 12.1 Å². The minimum Gasteiger partial charge on any atom is -0.383 e. The average molecular weight is 559 g/mol. The molecule has 0 amide bonds. The van der Waals surface area contributed by atoms with E-state index in [1.165, 1.54) is 23.1 Å². The molecule has 41 heavy (non-hydrogen) atoms. The van der Waals surface area contributed by atoms with E-state index in [2.05, 4.69) is 58.5 Å². The Kier molecular flexibility index (Phi) is 7.16. The van der Waals surface area contributed by atoms with Crippen LogP contribution in [0.15, 0.2) is 36.7 Å². The number of nitrogens with zero attached hydrogens (tertiary/aromatic N) is 7. The van der Waals surface area contributed by atoms with Gasteiger partial charge in [-0.1, -0.05) is 32.1 Å². The van der Waals surface area contributed by atoms with Gasteiger partial charge in [0.2, 0.25) is 5.95 Å². The second-order valence-corrected chi connectivity index (χ2v) is 11.8. The van der Waals surface area contributed by atoms with Gasteiger partial charge >= 0.3 is 0 Å². The van der Waals surface area contributed by atoms with Gasteiger partial charge in [-0.2, -0.15) is 14.9 Å². The summed E-state index contributed by atoms with van der Waals surface area (Å²) in [4.78, 5) is 8.38. The van der Waals surface area contributed by atoms with Gasteiger partial charge in [0.25, 0.3) is 6.43 Å². The lowest BCUT2D eigenvalue weighted by atomic mass is 9.87. The number of nitrogens with one attached hydrogen (secondary N) is 1. The number of pyridine rings is 2. The molecule has 0 radical (unpaired) electrons. The molecular formula is C30H29F3N8. The van der Waals surface area contributed by atoms with Gasteiger partial charge in [0, 0.05) is 35.9 Å². The molecule has 1 atom stereocenters. The highest BCUT2D eigenvalue weighted by molar-refractivity contribution is 5.97. The van der Waals surface area contributed by atoms with Crippen LogP contribution >= 0.6 is 0 Å². The topological polar surface area (TPSA) is 116 Å². The zero-order valence-corrected chi connectivity index (χ0v) is 23.2. The van der Waals surface area contributed by atoms with Crippen LogP contribution in [-0.2, 0) is 12.0 Å². The van der Waals surface area contributed by atoms with Gasteiger partial charge in [-0.3, -0.25) is 4.98 Å². The zero-order chi connectivity index (χ0) is 29.5. The Balaban J connectivity index is 1.63. The van der Waals surface area contributed by atoms with E-state index in [4.69, 9.17) is 0 Å². The molecule has 1 saturated carbocycles. The third kappa shape index (κ3) is 5.45. The second-order valence-electron chi connectivity index (χ2n) is 11.8. The molecule has 3 heterocycles. The van der Waals surface area contributed by atoms with Gasteiger partial charge in [-0.15, -0.1) is 5.10 Å². The van der Waals surface area contributed by atoms with E-state index in [1.54, 1.807) is 19.1 Å². The maximum atomic E-state index is 13.9. The quantitative estimate of drug-likeness (QED) is 0.264. The van der Waals surface area contributed by atoms with E-state index in [9.17, 15) is 23.7 Å². The van der Waals surface area contributed by atoms with Crippen molar-refractivity contribution in [2.45, 2.75) is 64.8 Å². The molecule has 3 aromatic heterocycles. The van der Waals surface area contributed by atoms with Crippen LogP contribution < -0.4 is 5.32 Å². The van der Waals surface area contributed by atoms with Crippen LogP contribution in [0.4, 0.5) is 18.9 Å². The summed E-state index contributed by atoms with van der Waals surface area (Å²) in [5, 5.41) is 32.1. The van der Waals surface area contributed by atoms with E-state index in [0.29, 0.717) is 64.1 Å². The summed E-state index contributed by atoms with van der Waals surface area (Å²) >= 11 is 0. The highest BCUT2D eigenvalue weighted by Gasteiger charge is 2.54. The molecule has 5 rings (SSSR count). The Morgan fingerprint density at radius 1 is 1.12 bits per heavy atom. The average Bonchev–Trinajstić information content (AvgIpc) is 3.60. The molecule has 210 valence electrons. The third-order valence-corrected chi connectivity index (χ3v) is 7.47. The lowest BCUT2D eigenvalue weighted by Gasteiger charge is -2.22. The van der Waals surface area contributed by atoms with Crippen molar-refractivity contribution in [3.05, 3.63) is 76.2 Å². The van der Waals surface area contributed by atoms with E-state index in [1.807, 2.05) is 6.07 Å². The van der Waals surface area contributed by atoms with Gasteiger partial charge < -0.3 is 5.32 Å². The van der Waals surface area contributed by atoms with Crippen LogP contribution in [0.3, 0.4) is 0 Å². The summed E-state index contributed by atoms with van der Waals surface area (Å²) in [6, 6.07) is 10.9. The molecule has 0 aliphatic heterocycles. The first-order valence-electron chi connectivity index (χ1n) is 13.3. The van der Waals surface area contributed by atoms with Gasteiger partial charge in [-0.05, 0) is 60.9 Å². The molecule has 0 unspecified atom stereocenters. The molecule has 1 aromatic carbocycles. The number of hydrogen-bond acceptors (Lipinski definition) is 7. The SMILES string of the molecule is Cc1nc(F)ccc1[C@H](Cc1cc(C#N)c2ncc(C#N)c(NCC(C)(C)C)c2c1)c1cn(C2(C(F)F)CC2)nn1. The number of nitriles is 2. The number of aromatic nitrogens is 5. The van der Waals surface area contributed by atoms with Gasteiger partial charge in [0.05, 0.1) is 28.0 Å². The smallest absolute Gasteiger partial charge is 0.263 e. The number of halogens is 3. The largest absolute Gasteiger partial charge is 0.383 e. The van der Waals surface area contributed by atoms with Crippen LogP contribution in [0.25, 0.3) is 10.9 Å². The van der Waals surface area contributed by atoms with Crippen LogP contribution in [0.2, 0.25) is 0 Å². The Morgan fingerprint density at radius 2 is 1.85 bits per heavy atom. The molecule has 8 nitrogen and oxygen atoms in total. The van der Waals surface area contributed by atoms with Crippen molar-refractivity contribution < 1.29 is 13.2 Å². The highest BCUT2D eigenvalue weighted by Crippen LogP contribution is 2.48. The van der Waals surface area contributed by atoms with Crippen molar-refractivity contribution >= 4 is 16.6 Å². The minimum absolute atomic E-state index is 0.0842. The summed E-state index contributed by atoms with van der Waals surface area (Å²) in [5.41, 5.74) is 2.53. The molecular weight excluding hydrogens is 529 g/mol. The molecule has 1 aliphatic carbocycles. The number of anilines is 1. The van der Waals surface area contributed by atoms with Crippen molar-refractivity contribution in [2.24, 2.45) is 5.41 Å². The zero-order valence-electron chi connectivity index (χ0n) is 23.2. The summed E-state index contributed by atoms with van der Waals surface area (Å²) in [5.74, 6) is -1.15. The van der Waals surface area contributed by atoms with Gasteiger partial charge in [0.1, 0.15) is 17.7 Å². The summed E-state index contributed by atoms with van der Waals surface area (Å²) < 4.78 is 42.8. The molecule has 1 N–H and O–H groups in total. The Labute approximate surface area is 235 Å². The first-order valence-corrected chi connectivity index (χ1v) is 13.3. The molecule has 0 saturated heterocycles. The minimum atomic E-state index is -2.58. The van der Waals surface area contributed by atoms with E-state index < -0.39 is 23.8 Å². The van der Waals surface area contributed by atoms with Crippen LogP contribution in [0.1, 0.15) is 73.2 Å². The van der Waals surface area contributed by atoms with E-state index in [-0.39, 0.29) is 11.8 Å². The van der Waals surface area contributed by atoms with E-state index >= 15 is 0 Å². The first kappa shape index (κ1) is 28.0.